The van der Waals surface area contributed by atoms with E-state index >= 15 is 0 Å². The maximum Gasteiger partial charge on any atom is 0.345 e. The third-order valence-electron chi connectivity index (χ3n) is 3.63. The van der Waals surface area contributed by atoms with Gasteiger partial charge in [-0.05, 0) is 43.9 Å². The Labute approximate surface area is 118 Å². The van der Waals surface area contributed by atoms with Crippen LogP contribution < -0.4 is 0 Å². The van der Waals surface area contributed by atoms with E-state index in [1.807, 2.05) is 13.0 Å². The first-order valence-electron chi connectivity index (χ1n) is 6.64. The average Bonchev–Trinajstić information content (AvgIpc) is 2.72. The number of hydrogen-bond donors (Lipinski definition) is 1. The monoisotopic (exact) mass is 283 g/mol. The first kappa shape index (κ1) is 14.5. The van der Waals surface area contributed by atoms with Crippen LogP contribution in [-0.4, -0.2) is 42.8 Å². The quantitative estimate of drug-likeness (QED) is 0.902. The van der Waals surface area contributed by atoms with Crippen molar-refractivity contribution in [1.82, 2.24) is 4.90 Å². The fourth-order valence-corrected chi connectivity index (χ4v) is 3.56. The van der Waals surface area contributed by atoms with E-state index in [0.717, 1.165) is 36.7 Å². The molecule has 1 aromatic heterocycles. The molecule has 0 spiro atoms. The molecule has 2 heterocycles. The van der Waals surface area contributed by atoms with Crippen molar-refractivity contribution in [3.05, 3.63) is 21.4 Å². The Kier molecular flexibility index (Phi) is 4.96. The zero-order valence-electron chi connectivity index (χ0n) is 11.5. The predicted octanol–water partition coefficient (Wildman–Crippen LogP) is 2.61. The molecule has 1 aliphatic heterocycles. The summed E-state index contributed by atoms with van der Waals surface area (Å²) >= 11 is 1.37. The van der Waals surface area contributed by atoms with Crippen molar-refractivity contribution >= 4 is 17.3 Å². The lowest BCUT2D eigenvalue weighted by molar-refractivity contribution is 0.0702. The molecule has 0 saturated carbocycles. The highest BCUT2D eigenvalue weighted by Crippen LogP contribution is 2.25. The van der Waals surface area contributed by atoms with Crippen LogP contribution in [0.15, 0.2) is 6.07 Å². The van der Waals surface area contributed by atoms with Gasteiger partial charge in [-0.3, -0.25) is 4.90 Å². The number of nitrogens with zero attached hydrogens (tertiary/aromatic N) is 1. The number of likely N-dealkylation sites (tertiary alicyclic amines) is 1. The van der Waals surface area contributed by atoms with Crippen LogP contribution in [0.4, 0.5) is 0 Å². The van der Waals surface area contributed by atoms with Crippen LogP contribution >= 0.6 is 11.3 Å². The molecule has 1 fully saturated rings. The van der Waals surface area contributed by atoms with Crippen molar-refractivity contribution in [2.75, 3.05) is 26.8 Å². The van der Waals surface area contributed by atoms with Crippen molar-refractivity contribution in [3.63, 3.8) is 0 Å². The van der Waals surface area contributed by atoms with E-state index in [2.05, 4.69) is 4.90 Å². The Balaban J connectivity index is 1.98. The van der Waals surface area contributed by atoms with Crippen LogP contribution in [0.5, 0.6) is 0 Å². The van der Waals surface area contributed by atoms with Crippen LogP contribution in [0.25, 0.3) is 0 Å². The normalized spacial score (nSPS) is 20.6. The largest absolute Gasteiger partial charge is 0.477 e. The molecule has 4 nitrogen and oxygen atoms in total. The number of aromatic carboxylic acids is 1. The lowest BCUT2D eigenvalue weighted by Gasteiger charge is -2.32. The fraction of sp³-hybridized carbons (Fsp3) is 0.643. The predicted molar refractivity (Wildman–Crippen MR) is 75.9 cm³/mol. The minimum absolute atomic E-state index is 0.443. The molecule has 1 aromatic rings. The van der Waals surface area contributed by atoms with E-state index in [0.29, 0.717) is 10.8 Å². The van der Waals surface area contributed by atoms with Crippen molar-refractivity contribution < 1.29 is 14.6 Å². The van der Waals surface area contributed by atoms with Gasteiger partial charge in [0.25, 0.3) is 0 Å². The minimum Gasteiger partial charge on any atom is -0.477 e. The molecule has 1 N–H and O–H groups in total. The molecular weight excluding hydrogens is 262 g/mol. The lowest BCUT2D eigenvalue weighted by atomic mass is 9.98. The highest BCUT2D eigenvalue weighted by Gasteiger charge is 2.21. The summed E-state index contributed by atoms with van der Waals surface area (Å²) < 4.78 is 5.24. The van der Waals surface area contributed by atoms with E-state index in [1.54, 1.807) is 7.11 Å². The molecule has 0 aliphatic carbocycles. The number of hydrogen-bond acceptors (Lipinski definition) is 4. The molecule has 1 atom stereocenters. The molecule has 2 rings (SSSR count). The van der Waals surface area contributed by atoms with Crippen LogP contribution in [-0.2, 0) is 11.3 Å². The third-order valence-corrected chi connectivity index (χ3v) is 4.71. The third kappa shape index (κ3) is 3.78. The van der Waals surface area contributed by atoms with Crippen LogP contribution in [0.3, 0.4) is 0 Å². The molecule has 19 heavy (non-hydrogen) atoms. The van der Waals surface area contributed by atoms with Crippen molar-refractivity contribution in [1.29, 1.82) is 0 Å². The van der Waals surface area contributed by atoms with E-state index in [4.69, 9.17) is 9.84 Å². The van der Waals surface area contributed by atoms with Gasteiger partial charge in [-0.1, -0.05) is 0 Å². The van der Waals surface area contributed by atoms with Gasteiger partial charge in [0.1, 0.15) is 4.88 Å². The number of carboxylic acids is 1. The average molecular weight is 283 g/mol. The summed E-state index contributed by atoms with van der Waals surface area (Å²) in [4.78, 5) is 14.9. The summed E-state index contributed by atoms with van der Waals surface area (Å²) in [6.07, 6.45) is 2.43. The molecule has 1 aliphatic rings. The summed E-state index contributed by atoms with van der Waals surface area (Å²) in [5.74, 6) is -0.216. The van der Waals surface area contributed by atoms with Crippen molar-refractivity contribution in [2.45, 2.75) is 26.3 Å². The van der Waals surface area contributed by atoms with Gasteiger partial charge < -0.3 is 9.84 Å². The van der Waals surface area contributed by atoms with Crippen LogP contribution in [0.2, 0.25) is 0 Å². The molecular formula is C14H21NO3S. The minimum atomic E-state index is -0.824. The van der Waals surface area contributed by atoms with Crippen molar-refractivity contribution in [2.24, 2.45) is 5.92 Å². The lowest BCUT2D eigenvalue weighted by Crippen LogP contribution is -2.36. The van der Waals surface area contributed by atoms with E-state index in [-0.39, 0.29) is 0 Å². The summed E-state index contributed by atoms with van der Waals surface area (Å²) in [6.45, 7) is 5.82. The van der Waals surface area contributed by atoms with E-state index < -0.39 is 5.97 Å². The maximum absolute atomic E-state index is 11.0. The number of ether oxygens (including phenoxy) is 1. The maximum atomic E-state index is 11.0. The van der Waals surface area contributed by atoms with Gasteiger partial charge in [0.05, 0.1) is 6.61 Å². The summed E-state index contributed by atoms with van der Waals surface area (Å²) in [5, 5.41) is 9.02. The van der Waals surface area contributed by atoms with E-state index in [1.165, 1.54) is 24.2 Å². The van der Waals surface area contributed by atoms with Crippen LogP contribution in [0, 0.1) is 12.8 Å². The van der Waals surface area contributed by atoms with Gasteiger partial charge in [-0.15, -0.1) is 11.3 Å². The first-order chi connectivity index (χ1) is 9.10. The first-order valence-corrected chi connectivity index (χ1v) is 7.45. The Hall–Kier alpha value is -0.910. The standard InChI is InChI=1S/C14H21NO3S/c1-10-12(6-13(19-10)14(16)17)8-15-5-3-4-11(7-15)9-18-2/h6,11H,3-5,7-9H2,1-2H3,(H,16,17). The second-order valence-electron chi connectivity index (χ2n) is 5.20. The smallest absolute Gasteiger partial charge is 0.345 e. The summed E-state index contributed by atoms with van der Waals surface area (Å²) in [7, 11) is 1.75. The van der Waals surface area contributed by atoms with Gasteiger partial charge >= 0.3 is 5.97 Å². The SMILES string of the molecule is COCC1CCCN(Cc2cc(C(=O)O)sc2C)C1. The van der Waals surface area contributed by atoms with E-state index in [9.17, 15) is 4.79 Å². The number of aryl methyl sites for hydroxylation is 1. The second kappa shape index (κ2) is 6.50. The van der Waals surface area contributed by atoms with Gasteiger partial charge in [-0.25, -0.2) is 4.79 Å². The molecule has 1 saturated heterocycles. The molecule has 0 bridgehead atoms. The Morgan fingerprint density at radius 2 is 2.42 bits per heavy atom. The molecule has 0 aromatic carbocycles. The molecule has 1 unspecified atom stereocenters. The Morgan fingerprint density at radius 1 is 1.63 bits per heavy atom. The molecule has 106 valence electrons. The highest BCUT2D eigenvalue weighted by molar-refractivity contribution is 7.14. The van der Waals surface area contributed by atoms with Gasteiger partial charge in [0, 0.05) is 25.1 Å². The highest BCUT2D eigenvalue weighted by atomic mass is 32.1. The molecule has 0 amide bonds. The molecule has 5 heteroatoms. The van der Waals surface area contributed by atoms with Crippen LogP contribution in [0.1, 0.15) is 33.0 Å². The van der Waals surface area contributed by atoms with Gasteiger partial charge in [0.15, 0.2) is 0 Å². The zero-order chi connectivity index (χ0) is 13.8. The zero-order valence-corrected chi connectivity index (χ0v) is 12.3. The number of piperidine rings is 1. The topological polar surface area (TPSA) is 49.8 Å². The number of carbonyl (C=O) groups is 1. The van der Waals surface area contributed by atoms with Gasteiger partial charge in [0.2, 0.25) is 0 Å². The fourth-order valence-electron chi connectivity index (χ4n) is 2.69. The number of rotatable bonds is 5. The Morgan fingerprint density at radius 3 is 3.05 bits per heavy atom. The Bertz CT molecular complexity index is 442. The molecule has 0 radical (unpaired) electrons. The summed E-state index contributed by atoms with van der Waals surface area (Å²) in [6, 6.07) is 1.82. The summed E-state index contributed by atoms with van der Waals surface area (Å²) in [5.41, 5.74) is 1.15. The van der Waals surface area contributed by atoms with Crippen molar-refractivity contribution in [3.8, 4) is 0 Å². The number of thiophene rings is 1. The second-order valence-corrected chi connectivity index (χ2v) is 6.45. The van der Waals surface area contributed by atoms with Gasteiger partial charge in [-0.2, -0.15) is 0 Å². The number of methoxy groups -OCH3 is 1. The number of carboxylic acid groups (broad SMARTS) is 1.